The molecule has 0 N–H and O–H groups in total. The quantitative estimate of drug-likeness (QED) is 0.566. The lowest BCUT2D eigenvalue weighted by Crippen LogP contribution is -2.39. The molecule has 2 aromatic carbocycles. The molecule has 3 nitrogen and oxygen atoms in total. The lowest BCUT2D eigenvalue weighted by Gasteiger charge is -2.35. The second-order valence-electron chi connectivity index (χ2n) is 9.91. The first-order valence-electron chi connectivity index (χ1n) is 11.6. The molecule has 0 radical (unpaired) electrons. The number of benzene rings is 2. The normalized spacial score (nSPS) is 22.8. The number of hydrogen-bond acceptors (Lipinski definition) is 2. The summed E-state index contributed by atoms with van der Waals surface area (Å²) < 4.78 is 0. The third-order valence-corrected chi connectivity index (χ3v) is 7.05. The van der Waals surface area contributed by atoms with Gasteiger partial charge in [0.15, 0.2) is 0 Å². The molecule has 1 atom stereocenters. The largest absolute Gasteiger partial charge is 0.326 e. The van der Waals surface area contributed by atoms with Crippen LogP contribution >= 0.6 is 0 Å². The van der Waals surface area contributed by atoms with Gasteiger partial charge in [0, 0.05) is 19.0 Å². The van der Waals surface area contributed by atoms with E-state index in [4.69, 9.17) is 0 Å². The maximum atomic E-state index is 12.4. The standard InChI is InChI=1S/C27H36N2O/c1-21(2)18-27(3)26(30)29(27)19-22-14-16-28(17-15-22)20-25(23-10-6-4-7-11-23)24-12-8-5-9-13-24/h4-13,21-22,25H,14-20H2,1-3H3. The number of nitrogens with zero attached hydrogens (tertiary/aromatic N) is 2. The van der Waals surface area contributed by atoms with E-state index in [9.17, 15) is 4.79 Å². The van der Waals surface area contributed by atoms with Gasteiger partial charge >= 0.3 is 0 Å². The van der Waals surface area contributed by atoms with Crippen molar-refractivity contribution in [1.29, 1.82) is 0 Å². The van der Waals surface area contributed by atoms with E-state index >= 15 is 0 Å². The van der Waals surface area contributed by atoms with Crippen molar-refractivity contribution in [3.63, 3.8) is 0 Å². The molecule has 2 aliphatic rings. The molecule has 30 heavy (non-hydrogen) atoms. The Labute approximate surface area is 182 Å². The molecule has 0 aromatic heterocycles. The van der Waals surface area contributed by atoms with Crippen LogP contribution in [0.1, 0.15) is 57.1 Å². The first-order valence-corrected chi connectivity index (χ1v) is 11.6. The molecule has 2 fully saturated rings. The van der Waals surface area contributed by atoms with Crippen molar-refractivity contribution < 1.29 is 4.79 Å². The number of carbonyl (C=O) groups excluding carboxylic acids is 1. The van der Waals surface area contributed by atoms with Crippen molar-refractivity contribution >= 4 is 5.91 Å². The van der Waals surface area contributed by atoms with E-state index in [-0.39, 0.29) is 5.54 Å². The molecule has 2 saturated heterocycles. The van der Waals surface area contributed by atoms with Crippen molar-refractivity contribution in [2.45, 2.75) is 51.5 Å². The molecule has 0 saturated carbocycles. The number of rotatable bonds is 8. The minimum Gasteiger partial charge on any atom is -0.326 e. The highest BCUT2D eigenvalue weighted by atomic mass is 16.2. The van der Waals surface area contributed by atoms with Crippen LogP contribution in [0.3, 0.4) is 0 Å². The molecule has 4 rings (SSSR count). The monoisotopic (exact) mass is 404 g/mol. The fourth-order valence-corrected chi connectivity index (χ4v) is 5.32. The van der Waals surface area contributed by atoms with Crippen molar-refractivity contribution in [2.75, 3.05) is 26.2 Å². The number of amides is 1. The first-order chi connectivity index (χ1) is 14.5. The molecule has 2 heterocycles. The minimum absolute atomic E-state index is 0.184. The summed E-state index contributed by atoms with van der Waals surface area (Å²) in [5.41, 5.74) is 2.60. The van der Waals surface area contributed by atoms with Crippen LogP contribution in [0.2, 0.25) is 0 Å². The van der Waals surface area contributed by atoms with Gasteiger partial charge in [0.05, 0.1) is 0 Å². The maximum absolute atomic E-state index is 12.4. The number of carbonyl (C=O) groups is 1. The van der Waals surface area contributed by atoms with Gasteiger partial charge in [-0.3, -0.25) is 4.79 Å². The zero-order valence-electron chi connectivity index (χ0n) is 18.8. The Morgan fingerprint density at radius 2 is 1.47 bits per heavy atom. The van der Waals surface area contributed by atoms with E-state index in [2.05, 4.69) is 91.2 Å². The molecule has 160 valence electrons. The Morgan fingerprint density at radius 1 is 0.933 bits per heavy atom. The predicted molar refractivity (Wildman–Crippen MR) is 123 cm³/mol. The van der Waals surface area contributed by atoms with E-state index in [0.717, 1.165) is 32.6 Å². The van der Waals surface area contributed by atoms with Gasteiger partial charge < -0.3 is 9.80 Å². The van der Waals surface area contributed by atoms with Gasteiger partial charge in [0.1, 0.15) is 5.54 Å². The zero-order chi connectivity index (χ0) is 21.1. The van der Waals surface area contributed by atoms with Crippen LogP contribution in [-0.2, 0) is 4.79 Å². The molecular weight excluding hydrogens is 368 g/mol. The number of likely N-dealkylation sites (tertiary alicyclic amines) is 1. The van der Waals surface area contributed by atoms with Crippen molar-refractivity contribution in [3.8, 4) is 0 Å². The molecule has 2 aliphatic heterocycles. The molecule has 0 bridgehead atoms. The molecule has 0 aliphatic carbocycles. The summed E-state index contributed by atoms with van der Waals surface area (Å²) in [7, 11) is 0. The number of piperidine rings is 1. The summed E-state index contributed by atoms with van der Waals surface area (Å²) >= 11 is 0. The predicted octanol–water partition coefficient (Wildman–Crippen LogP) is 5.18. The summed E-state index contributed by atoms with van der Waals surface area (Å²) in [4.78, 5) is 17.2. The van der Waals surface area contributed by atoms with Crippen LogP contribution in [0.25, 0.3) is 0 Å². The highest BCUT2D eigenvalue weighted by molar-refractivity contribution is 6.01. The van der Waals surface area contributed by atoms with Crippen molar-refractivity contribution in [2.24, 2.45) is 11.8 Å². The highest BCUT2D eigenvalue weighted by Gasteiger charge is 2.58. The van der Waals surface area contributed by atoms with Crippen LogP contribution in [0.5, 0.6) is 0 Å². The molecule has 1 unspecified atom stereocenters. The summed E-state index contributed by atoms with van der Waals surface area (Å²) in [5.74, 6) is 1.99. The van der Waals surface area contributed by atoms with E-state index in [1.54, 1.807) is 0 Å². The summed E-state index contributed by atoms with van der Waals surface area (Å²) in [6.45, 7) is 10.8. The van der Waals surface area contributed by atoms with E-state index in [0.29, 0.717) is 23.7 Å². The Kier molecular flexibility index (Phi) is 6.29. The third-order valence-electron chi connectivity index (χ3n) is 7.05. The Morgan fingerprint density at radius 3 is 1.97 bits per heavy atom. The van der Waals surface area contributed by atoms with Crippen molar-refractivity contribution in [1.82, 2.24) is 9.80 Å². The van der Waals surface area contributed by atoms with Crippen LogP contribution in [0.4, 0.5) is 0 Å². The van der Waals surface area contributed by atoms with Gasteiger partial charge in [-0.15, -0.1) is 0 Å². The average molecular weight is 405 g/mol. The Hall–Kier alpha value is -2.13. The lowest BCUT2D eigenvalue weighted by atomic mass is 9.89. The van der Waals surface area contributed by atoms with E-state index in [1.165, 1.54) is 24.0 Å². The fraction of sp³-hybridized carbons (Fsp3) is 0.519. The van der Waals surface area contributed by atoms with Gasteiger partial charge in [-0.25, -0.2) is 0 Å². The van der Waals surface area contributed by atoms with Gasteiger partial charge in [0.25, 0.3) is 0 Å². The lowest BCUT2D eigenvalue weighted by molar-refractivity contribution is -0.114. The molecule has 1 amide bonds. The van der Waals surface area contributed by atoms with Gasteiger partial charge in [-0.05, 0) is 62.2 Å². The average Bonchev–Trinajstić information content (AvgIpc) is 3.25. The second-order valence-corrected chi connectivity index (χ2v) is 9.91. The SMILES string of the molecule is CC(C)CC1(C)C(=O)N1CC1CCN(CC(c2ccccc2)c2ccccc2)CC1. The summed E-state index contributed by atoms with van der Waals surface area (Å²) in [6, 6.07) is 21.8. The smallest absolute Gasteiger partial charge is 0.249 e. The van der Waals surface area contributed by atoms with E-state index in [1.807, 2.05) is 0 Å². The molecule has 3 heteroatoms. The summed E-state index contributed by atoms with van der Waals surface area (Å²) in [5, 5.41) is 0. The Balaban J connectivity index is 1.34. The topological polar surface area (TPSA) is 23.3 Å². The van der Waals surface area contributed by atoms with Gasteiger partial charge in [-0.2, -0.15) is 0 Å². The highest BCUT2D eigenvalue weighted by Crippen LogP contribution is 2.41. The van der Waals surface area contributed by atoms with Crippen LogP contribution in [-0.4, -0.2) is 47.4 Å². The van der Waals surface area contributed by atoms with Gasteiger partial charge in [0.2, 0.25) is 5.91 Å². The Bertz CT molecular complexity index is 787. The molecule has 2 aromatic rings. The maximum Gasteiger partial charge on any atom is 0.249 e. The molecule has 0 spiro atoms. The third kappa shape index (κ3) is 4.62. The summed E-state index contributed by atoms with van der Waals surface area (Å²) in [6.07, 6.45) is 3.37. The zero-order valence-corrected chi connectivity index (χ0v) is 18.8. The first kappa shape index (κ1) is 21.1. The number of hydrogen-bond donors (Lipinski definition) is 0. The molecular formula is C27H36N2O. The van der Waals surface area contributed by atoms with Gasteiger partial charge in [-0.1, -0.05) is 74.5 Å². The van der Waals surface area contributed by atoms with E-state index < -0.39 is 0 Å². The van der Waals surface area contributed by atoms with Crippen LogP contribution in [0, 0.1) is 11.8 Å². The van der Waals surface area contributed by atoms with Crippen LogP contribution in [0.15, 0.2) is 60.7 Å². The van der Waals surface area contributed by atoms with Crippen LogP contribution < -0.4 is 0 Å². The fourth-order valence-electron chi connectivity index (χ4n) is 5.32. The second kappa shape index (κ2) is 8.93. The minimum atomic E-state index is -0.184. The van der Waals surface area contributed by atoms with Crippen molar-refractivity contribution in [3.05, 3.63) is 71.8 Å².